The number of nitrogens with zero attached hydrogens (tertiary/aromatic N) is 1. The first kappa shape index (κ1) is 22.5. The molecule has 7 heteroatoms. The minimum Gasteiger partial charge on any atom is -0.451 e. The van der Waals surface area contributed by atoms with Crippen molar-refractivity contribution >= 4 is 46.3 Å². The van der Waals surface area contributed by atoms with Gasteiger partial charge in [0, 0.05) is 24.9 Å². The van der Waals surface area contributed by atoms with Gasteiger partial charge in [0.25, 0.3) is 5.91 Å². The van der Waals surface area contributed by atoms with Gasteiger partial charge in [-0.05, 0) is 31.7 Å². The Kier molecular flexibility index (Phi) is 8.10. The molecule has 3 rings (SSSR count). The maximum atomic E-state index is 13.4. The molecule has 1 aliphatic heterocycles. The third kappa shape index (κ3) is 4.96. The van der Waals surface area contributed by atoms with E-state index in [4.69, 9.17) is 4.74 Å². The predicted molar refractivity (Wildman–Crippen MR) is 118 cm³/mol. The van der Waals surface area contributed by atoms with Crippen LogP contribution in [-0.4, -0.2) is 38.1 Å². The van der Waals surface area contributed by atoms with Crippen LogP contribution in [0, 0.1) is 6.92 Å². The van der Waals surface area contributed by atoms with E-state index in [0.717, 1.165) is 21.7 Å². The lowest BCUT2D eigenvalue weighted by Gasteiger charge is -2.27. The summed E-state index contributed by atoms with van der Waals surface area (Å²) in [5.41, 5.74) is 2.97. The molecule has 0 spiro atoms. The first-order valence-corrected chi connectivity index (χ1v) is 9.84. The van der Waals surface area contributed by atoms with Crippen LogP contribution in [0.1, 0.15) is 23.3 Å². The van der Waals surface area contributed by atoms with Gasteiger partial charge in [-0.25, -0.2) is 0 Å². The zero-order valence-corrected chi connectivity index (χ0v) is 18.7. The number of benzene rings is 2. The normalized spacial score (nSPS) is 18.7. The van der Waals surface area contributed by atoms with Crippen LogP contribution in [0.3, 0.4) is 0 Å². The van der Waals surface area contributed by atoms with Crippen LogP contribution in [0.2, 0.25) is 0 Å². The molecule has 0 fully saturated rings. The van der Waals surface area contributed by atoms with E-state index in [9.17, 15) is 9.59 Å². The summed E-state index contributed by atoms with van der Waals surface area (Å²) in [4.78, 5) is 27.9. The zero-order valence-electron chi connectivity index (χ0n) is 16.2. The second-order valence-corrected chi connectivity index (χ2v) is 7.72. The minimum absolute atomic E-state index is 0. The topological polar surface area (TPSA) is 58.6 Å². The standard InChI is InChI=1S/C21H24N2O3S.BrH/c1-14-8-10-16(11-9-14)20-19(26-15(2)24)21(25)23(13-12-22-3)17-6-4-5-7-18(17)27-20;/h4-11,19-20,22H,12-13H2,1-3H3;1H/t19-,20+;/m0./s1. The lowest BCUT2D eigenvalue weighted by atomic mass is 10.0. The van der Waals surface area contributed by atoms with Crippen molar-refractivity contribution in [2.24, 2.45) is 0 Å². The Labute approximate surface area is 180 Å². The second-order valence-electron chi connectivity index (χ2n) is 6.54. The number of nitrogens with one attached hydrogen (secondary N) is 1. The quantitative estimate of drug-likeness (QED) is 0.679. The van der Waals surface area contributed by atoms with E-state index in [1.807, 2.05) is 62.5 Å². The molecule has 150 valence electrons. The molecule has 2 aromatic carbocycles. The molecule has 1 heterocycles. The van der Waals surface area contributed by atoms with Gasteiger partial charge in [-0.3, -0.25) is 9.59 Å². The van der Waals surface area contributed by atoms with Crippen LogP contribution in [0.5, 0.6) is 0 Å². The van der Waals surface area contributed by atoms with Crippen molar-refractivity contribution in [3.63, 3.8) is 0 Å². The van der Waals surface area contributed by atoms with Crippen molar-refractivity contribution in [1.82, 2.24) is 5.32 Å². The highest BCUT2D eigenvalue weighted by Crippen LogP contribution is 2.46. The van der Waals surface area contributed by atoms with Crippen molar-refractivity contribution in [1.29, 1.82) is 0 Å². The van der Waals surface area contributed by atoms with E-state index >= 15 is 0 Å². The SMILES string of the molecule is Br.CNCCN1C(=O)[C@@H](OC(C)=O)[C@@H](c2ccc(C)cc2)Sc2ccccc21. The maximum Gasteiger partial charge on any atom is 0.303 e. The average molecular weight is 465 g/mol. The summed E-state index contributed by atoms with van der Waals surface area (Å²) in [7, 11) is 1.85. The van der Waals surface area contributed by atoms with Gasteiger partial charge in [0.2, 0.25) is 0 Å². The monoisotopic (exact) mass is 464 g/mol. The van der Waals surface area contributed by atoms with Crippen LogP contribution >= 0.6 is 28.7 Å². The maximum absolute atomic E-state index is 13.4. The van der Waals surface area contributed by atoms with Gasteiger partial charge in [-0.2, -0.15) is 0 Å². The Morgan fingerprint density at radius 1 is 1.18 bits per heavy atom. The fourth-order valence-electron chi connectivity index (χ4n) is 3.12. The third-order valence-corrected chi connectivity index (χ3v) is 5.85. The zero-order chi connectivity index (χ0) is 19.4. The third-order valence-electron chi connectivity index (χ3n) is 4.48. The molecule has 1 amide bonds. The molecular weight excluding hydrogens is 440 g/mol. The van der Waals surface area contributed by atoms with Crippen molar-refractivity contribution in [3.8, 4) is 0 Å². The Hall–Kier alpha value is -1.83. The highest BCUT2D eigenvalue weighted by Gasteiger charge is 2.40. The molecule has 0 aromatic heterocycles. The number of esters is 1. The summed E-state index contributed by atoms with van der Waals surface area (Å²) in [5, 5.41) is 2.78. The number of halogens is 1. The van der Waals surface area contributed by atoms with Crippen LogP contribution in [0.25, 0.3) is 0 Å². The summed E-state index contributed by atoms with van der Waals surface area (Å²) >= 11 is 1.57. The van der Waals surface area contributed by atoms with E-state index in [1.54, 1.807) is 16.7 Å². The molecule has 5 nitrogen and oxygen atoms in total. The van der Waals surface area contributed by atoms with Gasteiger partial charge in [0.05, 0.1) is 10.9 Å². The summed E-state index contributed by atoms with van der Waals surface area (Å²) in [6.07, 6.45) is -0.875. The van der Waals surface area contributed by atoms with E-state index in [2.05, 4.69) is 5.32 Å². The van der Waals surface area contributed by atoms with Crippen LogP contribution in [-0.2, 0) is 14.3 Å². The highest BCUT2D eigenvalue weighted by atomic mass is 79.9. The molecule has 1 N–H and O–H groups in total. The largest absolute Gasteiger partial charge is 0.451 e. The molecule has 0 unspecified atom stereocenters. The molecular formula is C21H25BrN2O3S. The Bertz CT molecular complexity index is 829. The van der Waals surface area contributed by atoms with Crippen LogP contribution in [0.15, 0.2) is 53.4 Å². The fraction of sp³-hybridized carbons (Fsp3) is 0.333. The van der Waals surface area contributed by atoms with Crippen molar-refractivity contribution < 1.29 is 14.3 Å². The number of thioether (sulfide) groups is 1. The number of ether oxygens (including phenoxy) is 1. The first-order chi connectivity index (χ1) is 13.0. The summed E-state index contributed by atoms with van der Waals surface area (Å²) in [6.45, 7) is 4.52. The molecule has 0 saturated heterocycles. The summed E-state index contributed by atoms with van der Waals surface area (Å²) in [6, 6.07) is 15.9. The van der Waals surface area contributed by atoms with E-state index in [-0.39, 0.29) is 28.1 Å². The molecule has 1 aliphatic rings. The molecule has 2 atom stereocenters. The minimum atomic E-state index is -0.875. The average Bonchev–Trinajstić information content (AvgIpc) is 2.76. The highest BCUT2D eigenvalue weighted by molar-refractivity contribution is 8.93. The predicted octanol–water partition coefficient (Wildman–Crippen LogP) is 3.90. The number of amides is 1. The lowest BCUT2D eigenvalue weighted by molar-refractivity contribution is -0.152. The van der Waals surface area contributed by atoms with Gasteiger partial charge < -0.3 is 15.0 Å². The van der Waals surface area contributed by atoms with E-state index in [0.29, 0.717) is 13.1 Å². The van der Waals surface area contributed by atoms with E-state index in [1.165, 1.54) is 6.92 Å². The number of carbonyl (C=O) groups is 2. The van der Waals surface area contributed by atoms with Gasteiger partial charge in [0.15, 0.2) is 6.10 Å². The van der Waals surface area contributed by atoms with Gasteiger partial charge in [0.1, 0.15) is 0 Å². The van der Waals surface area contributed by atoms with Crippen molar-refractivity contribution in [3.05, 3.63) is 59.7 Å². The first-order valence-electron chi connectivity index (χ1n) is 8.96. The number of rotatable bonds is 5. The van der Waals surface area contributed by atoms with Gasteiger partial charge in [-0.1, -0.05) is 42.0 Å². The molecule has 28 heavy (non-hydrogen) atoms. The number of hydrogen-bond acceptors (Lipinski definition) is 5. The smallest absolute Gasteiger partial charge is 0.303 e. The number of hydrogen-bond donors (Lipinski definition) is 1. The summed E-state index contributed by atoms with van der Waals surface area (Å²) in [5.74, 6) is -0.644. The molecule has 2 aromatic rings. The number of fused-ring (bicyclic) bond motifs is 1. The second kappa shape index (κ2) is 10.1. The van der Waals surface area contributed by atoms with Crippen LogP contribution in [0.4, 0.5) is 5.69 Å². The molecule has 0 radical (unpaired) electrons. The summed E-state index contributed by atoms with van der Waals surface area (Å²) < 4.78 is 5.55. The van der Waals surface area contributed by atoms with Gasteiger partial charge >= 0.3 is 5.97 Å². The number of likely N-dealkylation sites (N-methyl/N-ethyl adjacent to an activating group) is 1. The Morgan fingerprint density at radius 3 is 2.50 bits per heavy atom. The fourth-order valence-corrected chi connectivity index (χ4v) is 4.44. The lowest BCUT2D eigenvalue weighted by Crippen LogP contribution is -2.45. The van der Waals surface area contributed by atoms with Crippen molar-refractivity contribution in [2.75, 3.05) is 25.0 Å². The van der Waals surface area contributed by atoms with Gasteiger partial charge in [-0.15, -0.1) is 28.7 Å². The van der Waals surface area contributed by atoms with Crippen LogP contribution < -0.4 is 10.2 Å². The molecule has 0 saturated carbocycles. The Balaban J connectivity index is 0.00000280. The molecule has 0 aliphatic carbocycles. The van der Waals surface area contributed by atoms with Crippen molar-refractivity contribution in [2.45, 2.75) is 30.1 Å². The Morgan fingerprint density at radius 2 is 1.86 bits per heavy atom. The number of anilines is 1. The number of para-hydroxylation sites is 1. The number of aryl methyl sites for hydroxylation is 1. The number of carbonyl (C=O) groups excluding carboxylic acids is 2. The molecule has 0 bridgehead atoms. The van der Waals surface area contributed by atoms with E-state index < -0.39 is 12.1 Å².